The molecule has 262 valence electrons. The largest absolute Gasteiger partial charge is 0.379 e. The molecule has 0 aliphatic heterocycles. The maximum atomic E-state index is 13.1. The predicted molar refractivity (Wildman–Crippen MR) is 184 cm³/mol. The van der Waals surface area contributed by atoms with Gasteiger partial charge in [0.05, 0.1) is 5.69 Å². The molecular formula is C32H44N12O5. The van der Waals surface area contributed by atoms with Crippen LogP contribution in [0.5, 0.6) is 0 Å². The summed E-state index contributed by atoms with van der Waals surface area (Å²) in [6.07, 6.45) is 6.27. The number of aromatic nitrogens is 7. The number of nitrogens with zero attached hydrogens (tertiary/aromatic N) is 7. The zero-order chi connectivity index (χ0) is 36.4. The molecule has 0 saturated heterocycles. The number of imidazole rings is 3. The van der Waals surface area contributed by atoms with Crippen LogP contribution in [-0.2, 0) is 33.0 Å². The summed E-state index contributed by atoms with van der Waals surface area (Å²) in [6, 6.07) is 1.73. The Balaban J connectivity index is 1.30. The van der Waals surface area contributed by atoms with Gasteiger partial charge in [0, 0.05) is 76.9 Å². The summed E-state index contributed by atoms with van der Waals surface area (Å²) in [4.78, 5) is 76.6. The average molecular weight is 677 g/mol. The SMILES string of the molecule is Cn1cc(NC(C)(C)C)cc1C(=O)Nc1cn(C)c(C(=O)Nc2cn(C)c(C(=O)NCCC(=O)Nc3cn(C)c(C(=O)C(C)(C)C)n3)n2)n1. The first-order valence-electron chi connectivity index (χ1n) is 15.5. The summed E-state index contributed by atoms with van der Waals surface area (Å²) >= 11 is 0. The van der Waals surface area contributed by atoms with Crippen LogP contribution < -0.4 is 26.6 Å². The average Bonchev–Trinajstić information content (AvgIpc) is 3.72. The number of hydrogen-bond acceptors (Lipinski definition) is 9. The molecule has 0 aliphatic carbocycles. The first-order valence-corrected chi connectivity index (χ1v) is 15.5. The topological polar surface area (TPSA) is 204 Å². The zero-order valence-electron chi connectivity index (χ0n) is 29.5. The molecule has 0 atom stereocenters. The number of nitrogens with one attached hydrogen (secondary N) is 5. The van der Waals surface area contributed by atoms with Gasteiger partial charge in [-0.15, -0.1) is 0 Å². The van der Waals surface area contributed by atoms with Gasteiger partial charge in [-0.3, -0.25) is 24.0 Å². The number of rotatable bonds is 11. The number of hydrogen-bond donors (Lipinski definition) is 5. The third-order valence-corrected chi connectivity index (χ3v) is 7.06. The molecule has 0 spiro atoms. The van der Waals surface area contributed by atoms with Crippen molar-refractivity contribution >= 4 is 52.6 Å². The van der Waals surface area contributed by atoms with E-state index in [1.165, 1.54) is 21.5 Å². The molecule has 4 aromatic heterocycles. The molecule has 17 heteroatoms. The molecule has 17 nitrogen and oxygen atoms in total. The van der Waals surface area contributed by atoms with Crippen molar-refractivity contribution in [2.24, 2.45) is 33.6 Å². The molecule has 4 amide bonds. The van der Waals surface area contributed by atoms with E-state index in [0.717, 1.165) is 5.69 Å². The first-order chi connectivity index (χ1) is 22.7. The minimum atomic E-state index is -0.628. The van der Waals surface area contributed by atoms with Gasteiger partial charge >= 0.3 is 0 Å². The molecule has 0 saturated carbocycles. The van der Waals surface area contributed by atoms with Crippen molar-refractivity contribution in [3.05, 3.63) is 54.0 Å². The Morgan fingerprint density at radius 1 is 0.633 bits per heavy atom. The van der Waals surface area contributed by atoms with Crippen LogP contribution in [0.25, 0.3) is 0 Å². The lowest BCUT2D eigenvalue weighted by atomic mass is 9.90. The van der Waals surface area contributed by atoms with Crippen LogP contribution in [-0.4, -0.2) is 74.7 Å². The van der Waals surface area contributed by atoms with Crippen molar-refractivity contribution in [1.82, 2.24) is 38.5 Å². The fourth-order valence-electron chi connectivity index (χ4n) is 4.77. The smallest absolute Gasteiger partial charge is 0.292 e. The zero-order valence-corrected chi connectivity index (χ0v) is 29.5. The lowest BCUT2D eigenvalue weighted by molar-refractivity contribution is -0.116. The molecule has 0 bridgehead atoms. The highest BCUT2D eigenvalue weighted by Crippen LogP contribution is 2.22. The number of amides is 4. The van der Waals surface area contributed by atoms with Crippen molar-refractivity contribution in [2.45, 2.75) is 53.5 Å². The number of ketones is 1. The lowest BCUT2D eigenvalue weighted by Gasteiger charge is -2.20. The van der Waals surface area contributed by atoms with Gasteiger partial charge in [-0.2, -0.15) is 0 Å². The van der Waals surface area contributed by atoms with E-state index in [2.05, 4.69) is 41.5 Å². The second-order valence-electron chi connectivity index (χ2n) is 13.8. The molecule has 4 aromatic rings. The van der Waals surface area contributed by atoms with Gasteiger partial charge < -0.3 is 44.9 Å². The van der Waals surface area contributed by atoms with Crippen LogP contribution in [0.1, 0.15) is 90.3 Å². The van der Waals surface area contributed by atoms with Crippen LogP contribution in [0, 0.1) is 5.41 Å². The van der Waals surface area contributed by atoms with Gasteiger partial charge in [-0.1, -0.05) is 20.8 Å². The number of Topliss-reactive ketones (excluding diaryl/α,β-unsaturated/α-hetero) is 1. The quantitative estimate of drug-likeness (QED) is 0.148. The first kappa shape index (κ1) is 36.1. The molecule has 0 radical (unpaired) electrons. The van der Waals surface area contributed by atoms with Crippen molar-refractivity contribution in [1.29, 1.82) is 0 Å². The number of carbonyl (C=O) groups is 5. The molecular weight excluding hydrogens is 632 g/mol. The van der Waals surface area contributed by atoms with E-state index < -0.39 is 29.0 Å². The van der Waals surface area contributed by atoms with Crippen LogP contribution in [0.15, 0.2) is 30.9 Å². The van der Waals surface area contributed by atoms with Crippen molar-refractivity contribution < 1.29 is 24.0 Å². The van der Waals surface area contributed by atoms with Crippen molar-refractivity contribution in [2.75, 3.05) is 27.8 Å². The van der Waals surface area contributed by atoms with Gasteiger partial charge in [0.2, 0.25) is 23.3 Å². The Bertz CT molecular complexity index is 1910. The van der Waals surface area contributed by atoms with Crippen LogP contribution >= 0.6 is 0 Å². The highest BCUT2D eigenvalue weighted by Gasteiger charge is 2.27. The van der Waals surface area contributed by atoms with Gasteiger partial charge in [0.1, 0.15) is 5.69 Å². The molecule has 49 heavy (non-hydrogen) atoms. The highest BCUT2D eigenvalue weighted by molar-refractivity contribution is 6.05. The third-order valence-electron chi connectivity index (χ3n) is 7.06. The fraction of sp³-hybridized carbons (Fsp3) is 0.438. The van der Waals surface area contributed by atoms with E-state index in [9.17, 15) is 24.0 Å². The monoisotopic (exact) mass is 676 g/mol. The summed E-state index contributed by atoms with van der Waals surface area (Å²) in [5.41, 5.74) is 0.384. The molecule has 5 N–H and O–H groups in total. The molecule has 4 rings (SSSR count). The van der Waals surface area contributed by atoms with Gasteiger partial charge in [-0.05, 0) is 26.8 Å². The number of carbonyl (C=O) groups excluding carboxylic acids is 5. The van der Waals surface area contributed by atoms with E-state index in [1.807, 2.05) is 27.0 Å². The number of anilines is 4. The molecule has 4 heterocycles. The minimum absolute atomic E-state index is 0.00122. The molecule has 0 aromatic carbocycles. The van der Waals surface area contributed by atoms with Crippen molar-refractivity contribution in [3.63, 3.8) is 0 Å². The Morgan fingerprint density at radius 3 is 1.67 bits per heavy atom. The minimum Gasteiger partial charge on any atom is -0.379 e. The maximum Gasteiger partial charge on any atom is 0.292 e. The van der Waals surface area contributed by atoms with E-state index in [1.54, 1.807) is 70.4 Å². The summed E-state index contributed by atoms with van der Waals surface area (Å²) in [7, 11) is 6.63. The summed E-state index contributed by atoms with van der Waals surface area (Å²) in [5.74, 6) is -1.39. The lowest BCUT2D eigenvalue weighted by Crippen LogP contribution is -2.29. The maximum absolute atomic E-state index is 13.1. The van der Waals surface area contributed by atoms with Gasteiger partial charge in [0.25, 0.3) is 17.7 Å². The fourth-order valence-corrected chi connectivity index (χ4v) is 4.77. The van der Waals surface area contributed by atoms with E-state index in [-0.39, 0.29) is 59.2 Å². The Morgan fingerprint density at radius 2 is 1.12 bits per heavy atom. The Labute approximate surface area is 283 Å². The standard InChI is InChI=1S/C32H44N12O5/c1-31(2,3)24(46)25-35-20(15-42(25)8)34-23(45)11-12-33-29(48)26-36-22(17-43(26)9)39-30(49)27-37-21(16-44(27)10)38-28(47)19-13-18(14-41(19)7)40-32(4,5)6/h13-17,40H,11-12H2,1-10H3,(H,33,48)(H,34,45)(H,38,47)(H,39,49). The molecule has 0 fully saturated rings. The molecule has 0 aliphatic rings. The summed E-state index contributed by atoms with van der Waals surface area (Å²) in [6.45, 7) is 11.4. The van der Waals surface area contributed by atoms with E-state index in [0.29, 0.717) is 5.69 Å². The number of aryl methyl sites for hydroxylation is 4. The Hall–Kier alpha value is -5.74. The highest BCUT2D eigenvalue weighted by atomic mass is 16.2. The van der Waals surface area contributed by atoms with Crippen LogP contribution in [0.4, 0.5) is 23.1 Å². The van der Waals surface area contributed by atoms with Crippen LogP contribution in [0.2, 0.25) is 0 Å². The predicted octanol–water partition coefficient (Wildman–Crippen LogP) is 2.93. The van der Waals surface area contributed by atoms with Crippen molar-refractivity contribution in [3.8, 4) is 0 Å². The summed E-state index contributed by atoms with van der Waals surface area (Å²) in [5, 5.41) is 13.9. The Kier molecular flexibility index (Phi) is 10.2. The van der Waals surface area contributed by atoms with E-state index in [4.69, 9.17) is 0 Å². The normalized spacial score (nSPS) is 11.6. The third kappa shape index (κ3) is 9.00. The van der Waals surface area contributed by atoms with Gasteiger partial charge in [0.15, 0.2) is 23.3 Å². The van der Waals surface area contributed by atoms with E-state index >= 15 is 0 Å². The molecule has 0 unspecified atom stereocenters. The van der Waals surface area contributed by atoms with Crippen LogP contribution in [0.3, 0.4) is 0 Å². The second kappa shape index (κ2) is 13.8. The second-order valence-corrected chi connectivity index (χ2v) is 13.8. The summed E-state index contributed by atoms with van der Waals surface area (Å²) < 4.78 is 6.14. The van der Waals surface area contributed by atoms with Gasteiger partial charge in [-0.25, -0.2) is 15.0 Å².